The Morgan fingerprint density at radius 2 is 2.14 bits per heavy atom. The average Bonchev–Trinajstić information content (AvgIpc) is 2.96. The van der Waals surface area contributed by atoms with Gasteiger partial charge in [0.25, 0.3) is 0 Å². The molecule has 0 unspecified atom stereocenters. The Morgan fingerprint density at radius 1 is 1.41 bits per heavy atom. The molecule has 0 N–H and O–H groups in total. The highest BCUT2D eigenvalue weighted by molar-refractivity contribution is 7.91. The fourth-order valence-corrected chi connectivity index (χ4v) is 2.74. The Bertz CT molecular complexity index is 679. The average molecular weight is 338 g/mol. The van der Waals surface area contributed by atoms with Gasteiger partial charge in [-0.1, -0.05) is 4.40 Å². The van der Waals surface area contributed by atoms with E-state index in [1.807, 2.05) is 26.8 Å². The molecule has 0 amide bonds. The molecular formula is C14H18N4O2S2. The van der Waals surface area contributed by atoms with E-state index >= 15 is 0 Å². The van der Waals surface area contributed by atoms with E-state index in [2.05, 4.69) is 18.7 Å². The van der Waals surface area contributed by atoms with Crippen molar-refractivity contribution in [3.63, 3.8) is 0 Å². The largest absolute Gasteiger partial charge is 0.591 e. The van der Waals surface area contributed by atoms with Crippen LogP contribution in [0.15, 0.2) is 22.7 Å². The highest BCUT2D eigenvalue weighted by Gasteiger charge is 2.27. The van der Waals surface area contributed by atoms with Crippen LogP contribution in [-0.4, -0.2) is 36.5 Å². The standard InChI is InChI=1S/C14H18N4O2S2/c1-9(18-22(19)14(2,3)4)13-16-12(17-21-13)10-6-7-15-11(8-10)20-5/h6-8H,1-5H3/t22-/m1/s1. The number of ether oxygens (including phenoxy) is 1. The van der Waals surface area contributed by atoms with E-state index in [0.717, 1.165) is 5.56 Å². The normalized spacial score (nSPS) is 14.0. The van der Waals surface area contributed by atoms with Crippen LogP contribution in [0.5, 0.6) is 5.88 Å². The first-order valence-corrected chi connectivity index (χ1v) is 8.51. The minimum absolute atomic E-state index is 0.396. The second-order valence-corrected chi connectivity index (χ2v) is 8.21. The molecule has 22 heavy (non-hydrogen) atoms. The molecule has 0 radical (unpaired) electrons. The predicted molar refractivity (Wildman–Crippen MR) is 89.8 cm³/mol. The number of methoxy groups -OCH3 is 1. The van der Waals surface area contributed by atoms with Crippen LogP contribution in [-0.2, 0) is 11.4 Å². The van der Waals surface area contributed by atoms with E-state index in [0.29, 0.717) is 22.4 Å². The first-order chi connectivity index (χ1) is 10.3. The van der Waals surface area contributed by atoms with Gasteiger partial charge < -0.3 is 9.29 Å². The number of hydrogen-bond acceptors (Lipinski definition) is 7. The number of rotatable bonds is 4. The second-order valence-electron chi connectivity index (χ2n) is 5.55. The molecule has 6 nitrogen and oxygen atoms in total. The van der Waals surface area contributed by atoms with Gasteiger partial charge >= 0.3 is 0 Å². The van der Waals surface area contributed by atoms with Gasteiger partial charge in [-0.3, -0.25) is 0 Å². The Balaban J connectivity index is 2.26. The van der Waals surface area contributed by atoms with Crippen molar-refractivity contribution in [2.24, 2.45) is 4.40 Å². The number of nitrogens with zero attached hydrogens (tertiary/aromatic N) is 4. The molecule has 0 bridgehead atoms. The topological polar surface area (TPSA) is 83.3 Å². The third-order valence-corrected chi connectivity index (χ3v) is 4.99. The van der Waals surface area contributed by atoms with Crippen LogP contribution in [0.1, 0.15) is 32.7 Å². The molecule has 2 heterocycles. The van der Waals surface area contributed by atoms with Gasteiger partial charge in [0.2, 0.25) is 5.88 Å². The maximum absolute atomic E-state index is 12.1. The van der Waals surface area contributed by atoms with E-state index < -0.39 is 16.1 Å². The van der Waals surface area contributed by atoms with Crippen molar-refractivity contribution in [3.05, 3.63) is 23.3 Å². The van der Waals surface area contributed by atoms with Gasteiger partial charge in [0.15, 0.2) is 10.8 Å². The molecule has 2 aromatic rings. The van der Waals surface area contributed by atoms with Gasteiger partial charge in [-0.2, -0.15) is 4.37 Å². The zero-order valence-electron chi connectivity index (χ0n) is 13.2. The smallest absolute Gasteiger partial charge is 0.213 e. The summed E-state index contributed by atoms with van der Waals surface area (Å²) in [5, 5.41) is 0.656. The lowest BCUT2D eigenvalue weighted by molar-refractivity contribution is 0.398. The molecule has 0 aliphatic rings. The summed E-state index contributed by atoms with van der Waals surface area (Å²) in [6.45, 7) is 7.44. The van der Waals surface area contributed by atoms with Gasteiger partial charge in [-0.15, -0.1) is 0 Å². The highest BCUT2D eigenvalue weighted by Crippen LogP contribution is 2.23. The molecule has 8 heteroatoms. The second kappa shape index (κ2) is 6.72. The lowest BCUT2D eigenvalue weighted by atomic mass is 10.2. The summed E-state index contributed by atoms with van der Waals surface area (Å²) < 4.78 is 25.3. The summed E-state index contributed by atoms with van der Waals surface area (Å²) in [5.74, 6) is 1.09. The van der Waals surface area contributed by atoms with Crippen molar-refractivity contribution in [2.75, 3.05) is 7.11 Å². The highest BCUT2D eigenvalue weighted by atomic mass is 32.2. The predicted octanol–water partition coefficient (Wildman–Crippen LogP) is 2.88. The van der Waals surface area contributed by atoms with Crippen molar-refractivity contribution in [3.8, 4) is 17.3 Å². The van der Waals surface area contributed by atoms with Crippen LogP contribution < -0.4 is 4.74 Å². The first-order valence-electron chi connectivity index (χ1n) is 6.63. The van der Waals surface area contributed by atoms with E-state index in [1.54, 1.807) is 26.3 Å². The molecular weight excluding hydrogens is 320 g/mol. The van der Waals surface area contributed by atoms with Gasteiger partial charge in [0.1, 0.15) is 21.8 Å². The molecule has 0 fully saturated rings. The van der Waals surface area contributed by atoms with Crippen LogP contribution in [0.25, 0.3) is 11.4 Å². The third-order valence-electron chi connectivity index (χ3n) is 2.68. The molecule has 1 atom stereocenters. The minimum Gasteiger partial charge on any atom is -0.591 e. The summed E-state index contributed by atoms with van der Waals surface area (Å²) >= 11 is -0.0804. The Labute approximate surface area is 137 Å². The van der Waals surface area contributed by atoms with Crippen molar-refractivity contribution < 1.29 is 9.29 Å². The Hall–Kier alpha value is -1.51. The zero-order valence-corrected chi connectivity index (χ0v) is 14.8. The van der Waals surface area contributed by atoms with Gasteiger partial charge in [-0.05, 0) is 45.3 Å². The van der Waals surface area contributed by atoms with Crippen LogP contribution in [0.2, 0.25) is 0 Å². The monoisotopic (exact) mass is 338 g/mol. The lowest BCUT2D eigenvalue weighted by Gasteiger charge is -2.18. The molecule has 0 spiro atoms. The van der Waals surface area contributed by atoms with Crippen LogP contribution in [0.3, 0.4) is 0 Å². The molecule has 118 valence electrons. The van der Waals surface area contributed by atoms with Gasteiger partial charge in [-0.25, -0.2) is 9.97 Å². The number of hydrogen-bond donors (Lipinski definition) is 0. The van der Waals surface area contributed by atoms with Gasteiger partial charge in [0.05, 0.1) is 7.11 Å². The van der Waals surface area contributed by atoms with Crippen LogP contribution in [0.4, 0.5) is 0 Å². The van der Waals surface area contributed by atoms with E-state index in [-0.39, 0.29) is 0 Å². The summed E-state index contributed by atoms with van der Waals surface area (Å²) in [4.78, 5) is 8.50. The molecule has 0 saturated heterocycles. The zero-order chi connectivity index (χ0) is 16.3. The summed E-state index contributed by atoms with van der Waals surface area (Å²) in [6.07, 6.45) is 1.64. The summed E-state index contributed by atoms with van der Waals surface area (Å²) in [7, 11) is 1.56. The van der Waals surface area contributed by atoms with E-state index in [1.165, 1.54) is 11.5 Å². The number of aromatic nitrogens is 3. The lowest BCUT2D eigenvalue weighted by Crippen LogP contribution is -2.26. The van der Waals surface area contributed by atoms with Crippen LogP contribution >= 0.6 is 11.5 Å². The SMILES string of the molecule is COc1cc(-c2nsc(C(C)=N[S@+]([O-])C(C)(C)C)n2)ccn1. The summed E-state index contributed by atoms with van der Waals surface area (Å²) in [6, 6.07) is 3.58. The molecule has 2 aromatic heterocycles. The van der Waals surface area contributed by atoms with Crippen LogP contribution in [0, 0.1) is 0 Å². The maximum Gasteiger partial charge on any atom is 0.213 e. The molecule has 0 aromatic carbocycles. The third kappa shape index (κ3) is 4.02. The van der Waals surface area contributed by atoms with Gasteiger partial charge in [0, 0.05) is 17.8 Å². The van der Waals surface area contributed by atoms with Crippen molar-refractivity contribution >= 4 is 28.6 Å². The first kappa shape index (κ1) is 16.9. The molecule has 0 aliphatic carbocycles. The van der Waals surface area contributed by atoms with E-state index in [4.69, 9.17) is 4.74 Å². The molecule has 0 saturated carbocycles. The maximum atomic E-state index is 12.1. The fourth-order valence-electron chi connectivity index (χ4n) is 1.45. The quantitative estimate of drug-likeness (QED) is 0.632. The fraction of sp³-hybridized carbons (Fsp3) is 0.429. The molecule has 2 rings (SSSR count). The Morgan fingerprint density at radius 3 is 2.77 bits per heavy atom. The molecule has 0 aliphatic heterocycles. The van der Waals surface area contributed by atoms with Crippen molar-refractivity contribution in [1.29, 1.82) is 0 Å². The van der Waals surface area contributed by atoms with Crippen molar-refractivity contribution in [1.82, 2.24) is 14.3 Å². The number of pyridine rings is 1. The van der Waals surface area contributed by atoms with Crippen molar-refractivity contribution in [2.45, 2.75) is 32.4 Å². The van der Waals surface area contributed by atoms with E-state index in [9.17, 15) is 4.55 Å². The summed E-state index contributed by atoms with van der Waals surface area (Å²) in [5.41, 5.74) is 1.44. The Kier molecular flexibility index (Phi) is 5.15. The minimum atomic E-state index is -1.31.